The molecule has 0 spiro atoms. The maximum atomic E-state index is 14.0. The van der Waals surface area contributed by atoms with E-state index in [-0.39, 0.29) is 23.9 Å². The zero-order valence-corrected chi connectivity index (χ0v) is 23.4. The lowest BCUT2D eigenvalue weighted by Gasteiger charge is -2.34. The minimum atomic E-state index is -3.92. The molecule has 1 saturated heterocycles. The summed E-state index contributed by atoms with van der Waals surface area (Å²) < 4.78 is 29.2. The number of aryl methyl sites for hydroxylation is 3. The van der Waals surface area contributed by atoms with Gasteiger partial charge in [-0.2, -0.15) is 4.31 Å². The highest BCUT2D eigenvalue weighted by Crippen LogP contribution is 2.28. The summed E-state index contributed by atoms with van der Waals surface area (Å²) in [5, 5.41) is 0.581. The maximum Gasteiger partial charge on any atom is 0.244 e. The molecule has 196 valence electrons. The minimum Gasteiger partial charge on any atom is -0.342 e. The number of sulfonamides is 1. The first-order valence-electron chi connectivity index (χ1n) is 12.8. The van der Waals surface area contributed by atoms with Gasteiger partial charge in [-0.1, -0.05) is 71.8 Å². The highest BCUT2D eigenvalue weighted by Gasteiger charge is 2.32. The molecule has 7 heteroatoms. The van der Waals surface area contributed by atoms with Crippen molar-refractivity contribution in [1.29, 1.82) is 0 Å². The summed E-state index contributed by atoms with van der Waals surface area (Å²) in [6.45, 7) is 6.78. The van der Waals surface area contributed by atoms with Crippen LogP contribution in [0.25, 0.3) is 0 Å². The van der Waals surface area contributed by atoms with Gasteiger partial charge in [-0.15, -0.1) is 0 Å². The predicted octanol–water partition coefficient (Wildman–Crippen LogP) is 5.94. The topological polar surface area (TPSA) is 57.7 Å². The summed E-state index contributed by atoms with van der Waals surface area (Å²) in [6.07, 6.45) is 2.84. The first kappa shape index (κ1) is 27.4. The number of rotatable bonds is 8. The van der Waals surface area contributed by atoms with Gasteiger partial charge >= 0.3 is 0 Å². The van der Waals surface area contributed by atoms with Crippen molar-refractivity contribution < 1.29 is 13.2 Å². The van der Waals surface area contributed by atoms with Gasteiger partial charge in [-0.3, -0.25) is 4.79 Å². The van der Waals surface area contributed by atoms with Gasteiger partial charge in [0.2, 0.25) is 15.9 Å². The zero-order valence-electron chi connectivity index (χ0n) is 21.8. The Hall–Kier alpha value is -2.67. The van der Waals surface area contributed by atoms with E-state index >= 15 is 0 Å². The number of benzene rings is 3. The second kappa shape index (κ2) is 11.8. The molecule has 0 atom stereocenters. The summed E-state index contributed by atoms with van der Waals surface area (Å²) in [5.41, 5.74) is 4.48. The Bertz CT molecular complexity index is 1310. The molecule has 0 unspecified atom stereocenters. The molecule has 0 aliphatic carbocycles. The Labute approximate surface area is 226 Å². The van der Waals surface area contributed by atoms with E-state index in [1.807, 2.05) is 43.9 Å². The van der Waals surface area contributed by atoms with Crippen molar-refractivity contribution in [3.63, 3.8) is 0 Å². The number of hydrogen-bond donors (Lipinski definition) is 0. The molecule has 1 fully saturated rings. The van der Waals surface area contributed by atoms with Crippen LogP contribution >= 0.6 is 11.6 Å². The molecule has 1 aliphatic heterocycles. The van der Waals surface area contributed by atoms with Crippen LogP contribution in [0.15, 0.2) is 71.6 Å². The average Bonchev–Trinajstić information content (AvgIpc) is 2.85. The Morgan fingerprint density at radius 1 is 0.919 bits per heavy atom. The molecule has 1 aliphatic rings. The fraction of sp³-hybridized carbons (Fsp3) is 0.367. The third-order valence-corrected chi connectivity index (χ3v) is 9.47. The van der Waals surface area contributed by atoms with Gasteiger partial charge < -0.3 is 4.90 Å². The number of carbonyl (C=O) groups excluding carboxylic acids is 1. The molecular formula is C30H35ClN2O3S. The monoisotopic (exact) mass is 538 g/mol. The van der Waals surface area contributed by atoms with Crippen molar-refractivity contribution in [2.75, 3.05) is 19.6 Å². The van der Waals surface area contributed by atoms with Crippen LogP contribution in [0.2, 0.25) is 5.02 Å². The van der Waals surface area contributed by atoms with Gasteiger partial charge in [0.15, 0.2) is 0 Å². The van der Waals surface area contributed by atoms with Gasteiger partial charge in [0.25, 0.3) is 0 Å². The van der Waals surface area contributed by atoms with Crippen LogP contribution in [0.1, 0.15) is 40.7 Å². The molecule has 1 amide bonds. The summed E-state index contributed by atoms with van der Waals surface area (Å²) in [5.74, 6) is 0.372. The lowest BCUT2D eigenvalue weighted by Crippen LogP contribution is -2.46. The van der Waals surface area contributed by atoms with Crippen LogP contribution in [-0.4, -0.2) is 43.2 Å². The van der Waals surface area contributed by atoms with Crippen molar-refractivity contribution in [2.24, 2.45) is 5.92 Å². The first-order chi connectivity index (χ1) is 17.6. The number of hydrogen-bond acceptors (Lipinski definition) is 3. The molecule has 37 heavy (non-hydrogen) atoms. The number of nitrogens with zero attached hydrogens (tertiary/aromatic N) is 2. The molecular weight excluding hydrogens is 504 g/mol. The highest BCUT2D eigenvalue weighted by molar-refractivity contribution is 7.89. The fourth-order valence-electron chi connectivity index (χ4n) is 5.31. The van der Waals surface area contributed by atoms with Crippen molar-refractivity contribution in [2.45, 2.75) is 51.5 Å². The molecule has 3 aromatic carbocycles. The SMILES string of the molecule is Cc1cc(C)c(S(=O)(=O)N(CC(=O)N2CCC(Cc3ccccc3)CC2)Cc2ccc(Cl)cc2)c(C)c1. The van der Waals surface area contributed by atoms with Gasteiger partial charge in [0.1, 0.15) is 0 Å². The second-order valence-corrected chi connectivity index (χ2v) is 12.5. The lowest BCUT2D eigenvalue weighted by molar-refractivity contribution is -0.132. The Kier molecular flexibility index (Phi) is 8.73. The number of halogens is 1. The minimum absolute atomic E-state index is 0.0997. The number of amides is 1. The number of likely N-dealkylation sites (tertiary alicyclic amines) is 1. The van der Waals surface area contributed by atoms with E-state index in [1.165, 1.54) is 9.87 Å². The molecule has 0 saturated carbocycles. The maximum absolute atomic E-state index is 14.0. The summed E-state index contributed by atoms with van der Waals surface area (Å²) in [4.78, 5) is 15.5. The molecule has 3 aromatic rings. The molecule has 5 nitrogen and oxygen atoms in total. The summed E-state index contributed by atoms with van der Waals surface area (Å²) in [7, 11) is -3.92. The Morgan fingerprint density at radius 2 is 1.51 bits per heavy atom. The predicted molar refractivity (Wildman–Crippen MR) is 149 cm³/mol. The van der Waals surface area contributed by atoms with Crippen LogP contribution in [0.5, 0.6) is 0 Å². The first-order valence-corrected chi connectivity index (χ1v) is 14.6. The number of piperidine rings is 1. The van der Waals surface area contributed by atoms with Crippen molar-refractivity contribution in [3.05, 3.63) is 99.6 Å². The van der Waals surface area contributed by atoms with Crippen molar-refractivity contribution in [3.8, 4) is 0 Å². The lowest BCUT2D eigenvalue weighted by atomic mass is 9.90. The van der Waals surface area contributed by atoms with Gasteiger partial charge in [-0.05, 0) is 80.3 Å². The van der Waals surface area contributed by atoms with Crippen LogP contribution in [0.4, 0.5) is 0 Å². The highest BCUT2D eigenvalue weighted by atomic mass is 35.5. The summed E-state index contributed by atoms with van der Waals surface area (Å²) >= 11 is 6.05. The van der Waals surface area contributed by atoms with Gasteiger partial charge in [0.05, 0.1) is 11.4 Å². The molecule has 0 N–H and O–H groups in total. The van der Waals surface area contributed by atoms with E-state index in [1.54, 1.807) is 24.3 Å². The third-order valence-electron chi connectivity index (χ3n) is 7.12. The molecule has 0 bridgehead atoms. The molecule has 0 radical (unpaired) electrons. The normalized spacial score (nSPS) is 14.8. The van der Waals surface area contributed by atoms with E-state index in [2.05, 4.69) is 24.3 Å². The van der Waals surface area contributed by atoms with Crippen molar-refractivity contribution in [1.82, 2.24) is 9.21 Å². The van der Waals surface area contributed by atoms with Crippen LogP contribution in [0, 0.1) is 26.7 Å². The molecule has 1 heterocycles. The number of carbonyl (C=O) groups is 1. The standard InChI is InChI=1S/C30H35ClN2O3S/c1-22-17-23(2)30(24(3)18-22)37(35,36)33(20-27-9-11-28(31)12-10-27)21-29(34)32-15-13-26(14-16-32)19-25-7-5-4-6-8-25/h4-12,17-18,26H,13-16,19-21H2,1-3H3. The third kappa shape index (κ3) is 6.81. The van der Waals surface area contributed by atoms with Gasteiger partial charge in [0, 0.05) is 24.7 Å². The van der Waals surface area contributed by atoms with Crippen molar-refractivity contribution >= 4 is 27.5 Å². The largest absolute Gasteiger partial charge is 0.342 e. The van der Waals surface area contributed by atoms with E-state index in [9.17, 15) is 13.2 Å². The van der Waals surface area contributed by atoms with Crippen LogP contribution in [-0.2, 0) is 27.8 Å². The fourth-order valence-corrected chi connectivity index (χ4v) is 7.22. The average molecular weight is 539 g/mol. The molecule has 4 rings (SSSR count). The zero-order chi connectivity index (χ0) is 26.6. The summed E-state index contributed by atoms with van der Waals surface area (Å²) in [6, 6.07) is 21.3. The van der Waals surface area contributed by atoms with E-state index in [4.69, 9.17) is 11.6 Å². The quantitative estimate of drug-likeness (QED) is 0.357. The Balaban J connectivity index is 1.52. The van der Waals surface area contributed by atoms with Crippen LogP contribution in [0.3, 0.4) is 0 Å². The van der Waals surface area contributed by atoms with Gasteiger partial charge in [-0.25, -0.2) is 8.42 Å². The van der Waals surface area contributed by atoms with E-state index < -0.39 is 10.0 Å². The van der Waals surface area contributed by atoms with Crippen LogP contribution < -0.4 is 0 Å². The smallest absolute Gasteiger partial charge is 0.244 e. The van der Waals surface area contributed by atoms with E-state index in [0.717, 1.165) is 30.4 Å². The Morgan fingerprint density at radius 3 is 2.11 bits per heavy atom. The second-order valence-electron chi connectivity index (χ2n) is 10.1. The molecule has 0 aromatic heterocycles. The van der Waals surface area contributed by atoms with E-state index in [0.29, 0.717) is 35.2 Å².